The normalized spacial score (nSPS) is 21.9. The molecule has 1 amide bonds. The van der Waals surface area contributed by atoms with Gasteiger partial charge < -0.3 is 15.8 Å². The second-order valence-corrected chi connectivity index (χ2v) is 5.91. The Balaban J connectivity index is 2.07. The van der Waals surface area contributed by atoms with E-state index in [1.165, 1.54) is 0 Å². The Kier molecular flexibility index (Phi) is 4.02. The van der Waals surface area contributed by atoms with Crippen LogP contribution in [0.2, 0.25) is 5.02 Å². The number of ether oxygens (including phenoxy) is 1. The summed E-state index contributed by atoms with van der Waals surface area (Å²) >= 11 is 6.03. The minimum atomic E-state index is -0.510. The second-order valence-electron chi connectivity index (χ2n) is 5.50. The molecule has 104 valence electrons. The molecule has 1 aliphatic rings. The van der Waals surface area contributed by atoms with Gasteiger partial charge in [0.25, 0.3) is 0 Å². The molecule has 5 heteroatoms. The molecule has 1 aliphatic heterocycles. The van der Waals surface area contributed by atoms with Crippen LogP contribution in [0.15, 0.2) is 18.2 Å². The highest BCUT2D eigenvalue weighted by Crippen LogP contribution is 2.28. The third-order valence-corrected chi connectivity index (χ3v) is 3.62. The summed E-state index contributed by atoms with van der Waals surface area (Å²) in [6.07, 6.45) is 1.89. The number of nitrogens with two attached hydrogens (primary N) is 1. The highest BCUT2D eigenvalue weighted by atomic mass is 35.5. The van der Waals surface area contributed by atoms with Gasteiger partial charge in [-0.1, -0.05) is 11.6 Å². The number of halogens is 1. The molecular weight excluding hydrogens is 264 g/mol. The maximum atomic E-state index is 11.1. The van der Waals surface area contributed by atoms with Gasteiger partial charge in [0.15, 0.2) is 0 Å². The van der Waals surface area contributed by atoms with E-state index in [9.17, 15) is 4.79 Å². The lowest BCUT2D eigenvalue weighted by molar-refractivity contribution is -0.0553. The van der Waals surface area contributed by atoms with Crippen molar-refractivity contribution in [1.82, 2.24) is 0 Å². The molecule has 1 unspecified atom stereocenters. The van der Waals surface area contributed by atoms with Crippen molar-refractivity contribution < 1.29 is 9.53 Å². The van der Waals surface area contributed by atoms with Gasteiger partial charge in [0, 0.05) is 18.3 Å². The third-order valence-electron chi connectivity index (χ3n) is 3.30. The molecule has 0 spiro atoms. The van der Waals surface area contributed by atoms with Crippen LogP contribution in [-0.4, -0.2) is 24.2 Å². The highest BCUT2D eigenvalue weighted by Gasteiger charge is 2.28. The van der Waals surface area contributed by atoms with Crippen molar-refractivity contribution in [3.05, 3.63) is 28.8 Å². The summed E-state index contributed by atoms with van der Waals surface area (Å²) in [6.45, 7) is 4.92. The predicted octanol–water partition coefficient (Wildman–Crippen LogP) is 2.81. The summed E-state index contributed by atoms with van der Waals surface area (Å²) in [4.78, 5) is 11.1. The van der Waals surface area contributed by atoms with E-state index < -0.39 is 5.91 Å². The first-order valence-electron chi connectivity index (χ1n) is 6.37. The fourth-order valence-electron chi connectivity index (χ4n) is 2.40. The molecular formula is C14H19ClN2O2. The summed E-state index contributed by atoms with van der Waals surface area (Å²) in [5.74, 6) is -0.510. The fourth-order valence-corrected chi connectivity index (χ4v) is 2.67. The molecule has 19 heavy (non-hydrogen) atoms. The van der Waals surface area contributed by atoms with E-state index in [0.29, 0.717) is 16.6 Å². The Hall–Kier alpha value is -1.26. The van der Waals surface area contributed by atoms with Crippen molar-refractivity contribution >= 4 is 23.2 Å². The Bertz CT molecular complexity index is 488. The summed E-state index contributed by atoms with van der Waals surface area (Å²) < 4.78 is 5.68. The summed E-state index contributed by atoms with van der Waals surface area (Å²) in [5.41, 5.74) is 6.37. The molecule has 4 nitrogen and oxygen atoms in total. The second kappa shape index (κ2) is 5.39. The van der Waals surface area contributed by atoms with E-state index >= 15 is 0 Å². The van der Waals surface area contributed by atoms with Crippen LogP contribution in [0.1, 0.15) is 37.0 Å². The number of hydrogen-bond acceptors (Lipinski definition) is 3. The average Bonchev–Trinajstić information content (AvgIpc) is 2.27. The molecule has 0 saturated carbocycles. The maximum Gasteiger partial charge on any atom is 0.250 e. The van der Waals surface area contributed by atoms with E-state index in [4.69, 9.17) is 22.1 Å². The van der Waals surface area contributed by atoms with E-state index in [1.807, 2.05) is 6.07 Å². The van der Waals surface area contributed by atoms with Crippen LogP contribution < -0.4 is 11.1 Å². The van der Waals surface area contributed by atoms with Gasteiger partial charge >= 0.3 is 0 Å². The lowest BCUT2D eigenvalue weighted by Gasteiger charge is -2.36. The van der Waals surface area contributed by atoms with Gasteiger partial charge in [0.2, 0.25) is 5.91 Å². The molecule has 3 N–H and O–H groups in total. The number of carbonyl (C=O) groups excluding carboxylic acids is 1. The molecule has 1 aromatic rings. The van der Waals surface area contributed by atoms with Crippen LogP contribution in [0.5, 0.6) is 0 Å². The number of primary amides is 1. The van der Waals surface area contributed by atoms with Crippen LogP contribution in [0, 0.1) is 0 Å². The van der Waals surface area contributed by atoms with E-state index in [2.05, 4.69) is 19.2 Å². The molecule has 1 heterocycles. The lowest BCUT2D eigenvalue weighted by Crippen LogP contribution is -2.40. The van der Waals surface area contributed by atoms with E-state index in [-0.39, 0.29) is 5.60 Å². The zero-order chi connectivity index (χ0) is 14.0. The minimum absolute atomic E-state index is 0.104. The van der Waals surface area contributed by atoms with Crippen molar-refractivity contribution in [3.63, 3.8) is 0 Å². The van der Waals surface area contributed by atoms with Gasteiger partial charge in [-0.2, -0.15) is 0 Å². The predicted molar refractivity (Wildman–Crippen MR) is 76.6 cm³/mol. The van der Waals surface area contributed by atoms with Gasteiger partial charge in [-0.3, -0.25) is 4.79 Å². The number of nitrogens with one attached hydrogen (secondary N) is 1. The molecule has 0 aromatic heterocycles. The first-order valence-corrected chi connectivity index (χ1v) is 6.75. The van der Waals surface area contributed by atoms with Crippen molar-refractivity contribution in [1.29, 1.82) is 0 Å². The van der Waals surface area contributed by atoms with Crippen LogP contribution in [0.3, 0.4) is 0 Å². The van der Waals surface area contributed by atoms with Crippen molar-refractivity contribution in [2.45, 2.75) is 38.3 Å². The Morgan fingerprint density at radius 1 is 1.53 bits per heavy atom. The van der Waals surface area contributed by atoms with E-state index in [1.54, 1.807) is 12.1 Å². The third kappa shape index (κ3) is 3.61. The van der Waals surface area contributed by atoms with Gasteiger partial charge in [-0.25, -0.2) is 0 Å². The fraction of sp³-hybridized carbons (Fsp3) is 0.500. The number of amides is 1. The smallest absolute Gasteiger partial charge is 0.250 e. The first-order chi connectivity index (χ1) is 8.87. The largest absolute Gasteiger partial charge is 0.382 e. The average molecular weight is 283 g/mol. The number of rotatable bonds is 3. The molecule has 1 saturated heterocycles. The SMILES string of the molecule is CC1(C)CC(Nc2ccc(C(N)=O)c(Cl)c2)CCO1. The van der Waals surface area contributed by atoms with Gasteiger partial charge in [-0.15, -0.1) is 0 Å². The van der Waals surface area contributed by atoms with Gasteiger partial charge in [0.05, 0.1) is 16.2 Å². The van der Waals surface area contributed by atoms with E-state index in [0.717, 1.165) is 25.1 Å². The van der Waals surface area contributed by atoms with Crippen molar-refractivity contribution in [2.75, 3.05) is 11.9 Å². The standard InChI is InChI=1S/C14H19ClN2O2/c1-14(2)8-10(5-6-19-14)17-9-3-4-11(13(16)18)12(15)7-9/h3-4,7,10,17H,5-6,8H2,1-2H3,(H2,16,18). The van der Waals surface area contributed by atoms with Crippen molar-refractivity contribution in [2.24, 2.45) is 5.73 Å². The molecule has 0 bridgehead atoms. The Morgan fingerprint density at radius 2 is 2.26 bits per heavy atom. The zero-order valence-electron chi connectivity index (χ0n) is 11.2. The highest BCUT2D eigenvalue weighted by molar-refractivity contribution is 6.34. The number of anilines is 1. The summed E-state index contributed by atoms with van der Waals surface area (Å²) in [5, 5.41) is 3.81. The van der Waals surface area contributed by atoms with Crippen LogP contribution >= 0.6 is 11.6 Å². The number of carbonyl (C=O) groups is 1. The first kappa shape index (κ1) is 14.2. The Labute approximate surface area is 118 Å². The van der Waals surface area contributed by atoms with Crippen LogP contribution in [0.25, 0.3) is 0 Å². The molecule has 1 aromatic carbocycles. The minimum Gasteiger partial charge on any atom is -0.382 e. The van der Waals surface area contributed by atoms with Gasteiger partial charge in [-0.05, 0) is 44.9 Å². The van der Waals surface area contributed by atoms with Gasteiger partial charge in [0.1, 0.15) is 0 Å². The molecule has 0 aliphatic carbocycles. The quantitative estimate of drug-likeness (QED) is 0.896. The molecule has 1 atom stereocenters. The lowest BCUT2D eigenvalue weighted by atomic mass is 9.94. The Morgan fingerprint density at radius 3 is 2.84 bits per heavy atom. The number of hydrogen-bond donors (Lipinski definition) is 2. The number of benzene rings is 1. The monoisotopic (exact) mass is 282 g/mol. The van der Waals surface area contributed by atoms with Crippen molar-refractivity contribution in [3.8, 4) is 0 Å². The topological polar surface area (TPSA) is 64.3 Å². The molecule has 2 rings (SSSR count). The van der Waals surface area contributed by atoms with Crippen LogP contribution in [-0.2, 0) is 4.74 Å². The molecule has 0 radical (unpaired) electrons. The van der Waals surface area contributed by atoms with Crippen LogP contribution in [0.4, 0.5) is 5.69 Å². The zero-order valence-corrected chi connectivity index (χ0v) is 12.0. The summed E-state index contributed by atoms with van der Waals surface area (Å²) in [7, 11) is 0. The maximum absolute atomic E-state index is 11.1. The molecule has 1 fully saturated rings. The summed E-state index contributed by atoms with van der Waals surface area (Å²) in [6, 6.07) is 5.56.